The number of sulfone groups is 1. The van der Waals surface area contributed by atoms with Gasteiger partial charge in [-0.25, -0.2) is 8.42 Å². The van der Waals surface area contributed by atoms with Crippen molar-refractivity contribution in [2.45, 2.75) is 17.7 Å². The van der Waals surface area contributed by atoms with Crippen LogP contribution in [0.15, 0.2) is 29.2 Å². The van der Waals surface area contributed by atoms with Gasteiger partial charge in [0.05, 0.1) is 16.5 Å². The van der Waals surface area contributed by atoms with Crippen LogP contribution in [0.25, 0.3) is 0 Å². The zero-order valence-electron chi connectivity index (χ0n) is 11.5. The number of thioether (sulfide) groups is 1. The summed E-state index contributed by atoms with van der Waals surface area (Å²) < 4.78 is 22.6. The maximum atomic E-state index is 11.7. The summed E-state index contributed by atoms with van der Waals surface area (Å²) in [7, 11) is -2.87. The van der Waals surface area contributed by atoms with E-state index in [1.54, 1.807) is 11.8 Å². The van der Waals surface area contributed by atoms with Gasteiger partial charge in [0.25, 0.3) is 0 Å². The molecule has 1 aliphatic heterocycles. The molecule has 0 spiro atoms. The van der Waals surface area contributed by atoms with Crippen molar-refractivity contribution in [1.29, 1.82) is 0 Å². The summed E-state index contributed by atoms with van der Waals surface area (Å²) in [5.41, 5.74) is 0. The Morgan fingerprint density at radius 2 is 2.14 bits per heavy atom. The first-order valence-corrected chi connectivity index (χ1v) is 9.99. The van der Waals surface area contributed by atoms with Gasteiger partial charge in [0, 0.05) is 23.6 Å². The van der Waals surface area contributed by atoms with Crippen LogP contribution in [0.1, 0.15) is 12.8 Å². The van der Waals surface area contributed by atoms with E-state index in [1.807, 2.05) is 24.3 Å². The SMILES string of the molecule is O=C(CCSc1ccccc1Cl)NCC1CCS(=O)(=O)C1. The van der Waals surface area contributed by atoms with Crippen LogP contribution in [-0.4, -0.2) is 38.1 Å². The number of carbonyl (C=O) groups is 1. The first-order chi connectivity index (χ1) is 9.96. The number of hydrogen-bond acceptors (Lipinski definition) is 4. The largest absolute Gasteiger partial charge is 0.356 e. The second kappa shape index (κ2) is 7.51. The van der Waals surface area contributed by atoms with Crippen molar-refractivity contribution < 1.29 is 13.2 Å². The Morgan fingerprint density at radius 3 is 2.81 bits per heavy atom. The van der Waals surface area contributed by atoms with Crippen LogP contribution in [0, 0.1) is 5.92 Å². The molecule has 0 saturated carbocycles. The highest BCUT2D eigenvalue weighted by molar-refractivity contribution is 7.99. The minimum atomic E-state index is -2.87. The van der Waals surface area contributed by atoms with Crippen LogP contribution in [0.4, 0.5) is 0 Å². The molecule has 0 aliphatic carbocycles. The minimum Gasteiger partial charge on any atom is -0.356 e. The van der Waals surface area contributed by atoms with E-state index in [0.29, 0.717) is 30.2 Å². The first kappa shape index (κ1) is 16.6. The van der Waals surface area contributed by atoms with Gasteiger partial charge in [-0.05, 0) is 24.5 Å². The number of halogens is 1. The van der Waals surface area contributed by atoms with Gasteiger partial charge < -0.3 is 5.32 Å². The number of amides is 1. The Hall–Kier alpha value is -0.720. The summed E-state index contributed by atoms with van der Waals surface area (Å²) in [4.78, 5) is 12.7. The third-order valence-corrected chi connectivity index (χ3v) is 6.69. The molecule has 1 heterocycles. The molecule has 1 amide bonds. The summed E-state index contributed by atoms with van der Waals surface area (Å²) in [6.07, 6.45) is 1.05. The molecule has 1 unspecified atom stereocenters. The molecule has 0 radical (unpaired) electrons. The average Bonchev–Trinajstić information content (AvgIpc) is 2.78. The van der Waals surface area contributed by atoms with E-state index < -0.39 is 9.84 Å². The Kier molecular flexibility index (Phi) is 5.96. The van der Waals surface area contributed by atoms with Crippen molar-refractivity contribution >= 4 is 39.1 Å². The van der Waals surface area contributed by atoms with Crippen molar-refractivity contribution in [2.24, 2.45) is 5.92 Å². The molecule has 4 nitrogen and oxygen atoms in total. The number of rotatable bonds is 6. The number of nitrogens with one attached hydrogen (secondary N) is 1. The van der Waals surface area contributed by atoms with Crippen molar-refractivity contribution in [3.63, 3.8) is 0 Å². The highest BCUT2D eigenvalue weighted by Crippen LogP contribution is 2.26. The van der Waals surface area contributed by atoms with E-state index >= 15 is 0 Å². The standard InChI is InChI=1S/C14H18ClNO3S2/c15-12-3-1-2-4-13(12)20-7-5-14(17)16-9-11-6-8-21(18,19)10-11/h1-4,11H,5-10H2,(H,16,17). The number of hydrogen-bond donors (Lipinski definition) is 1. The quantitative estimate of drug-likeness (QED) is 0.802. The lowest BCUT2D eigenvalue weighted by Crippen LogP contribution is -2.29. The Labute approximate surface area is 134 Å². The fraction of sp³-hybridized carbons (Fsp3) is 0.500. The van der Waals surface area contributed by atoms with Crippen LogP contribution in [0.3, 0.4) is 0 Å². The summed E-state index contributed by atoms with van der Waals surface area (Å²) in [5, 5.41) is 3.51. The average molecular weight is 348 g/mol. The Balaban J connectivity index is 1.65. The van der Waals surface area contributed by atoms with E-state index in [4.69, 9.17) is 11.6 Å². The summed E-state index contributed by atoms with van der Waals surface area (Å²) in [6, 6.07) is 7.53. The summed E-state index contributed by atoms with van der Waals surface area (Å²) in [5.74, 6) is 1.12. The van der Waals surface area contributed by atoms with Crippen LogP contribution in [-0.2, 0) is 14.6 Å². The molecular formula is C14H18ClNO3S2. The second-order valence-corrected chi connectivity index (χ2v) is 8.87. The van der Waals surface area contributed by atoms with E-state index in [-0.39, 0.29) is 23.3 Å². The number of benzene rings is 1. The van der Waals surface area contributed by atoms with Gasteiger partial charge in [-0.1, -0.05) is 23.7 Å². The van der Waals surface area contributed by atoms with Gasteiger partial charge in [-0.15, -0.1) is 11.8 Å². The smallest absolute Gasteiger partial charge is 0.220 e. The maximum Gasteiger partial charge on any atom is 0.220 e. The normalized spacial score (nSPS) is 20.3. The zero-order chi connectivity index (χ0) is 15.3. The molecule has 0 bridgehead atoms. The van der Waals surface area contributed by atoms with E-state index in [0.717, 1.165) is 4.90 Å². The van der Waals surface area contributed by atoms with Crippen LogP contribution < -0.4 is 5.32 Å². The number of carbonyl (C=O) groups excluding carboxylic acids is 1. The van der Waals surface area contributed by atoms with Crippen LogP contribution in [0.5, 0.6) is 0 Å². The summed E-state index contributed by atoms with van der Waals surface area (Å²) >= 11 is 7.58. The van der Waals surface area contributed by atoms with Crippen molar-refractivity contribution in [3.05, 3.63) is 29.3 Å². The molecule has 21 heavy (non-hydrogen) atoms. The van der Waals surface area contributed by atoms with E-state index in [2.05, 4.69) is 5.32 Å². The molecule has 1 aliphatic rings. The topological polar surface area (TPSA) is 63.2 Å². The fourth-order valence-electron chi connectivity index (χ4n) is 2.20. The molecule has 1 N–H and O–H groups in total. The Bertz CT molecular complexity index is 604. The zero-order valence-corrected chi connectivity index (χ0v) is 13.9. The van der Waals surface area contributed by atoms with Gasteiger partial charge in [0.2, 0.25) is 5.91 Å². The lowest BCUT2D eigenvalue weighted by atomic mass is 10.1. The van der Waals surface area contributed by atoms with Crippen LogP contribution >= 0.6 is 23.4 Å². The molecule has 1 atom stereocenters. The molecular weight excluding hydrogens is 330 g/mol. The highest BCUT2D eigenvalue weighted by atomic mass is 35.5. The van der Waals surface area contributed by atoms with Crippen molar-refractivity contribution in [1.82, 2.24) is 5.32 Å². The second-order valence-electron chi connectivity index (χ2n) is 5.10. The molecule has 1 fully saturated rings. The molecule has 116 valence electrons. The summed E-state index contributed by atoms with van der Waals surface area (Å²) in [6.45, 7) is 0.453. The predicted molar refractivity (Wildman–Crippen MR) is 86.6 cm³/mol. The van der Waals surface area contributed by atoms with Crippen molar-refractivity contribution in [2.75, 3.05) is 23.8 Å². The Morgan fingerprint density at radius 1 is 1.38 bits per heavy atom. The lowest BCUT2D eigenvalue weighted by Gasteiger charge is -2.09. The maximum absolute atomic E-state index is 11.7. The lowest BCUT2D eigenvalue weighted by molar-refractivity contribution is -0.120. The van der Waals surface area contributed by atoms with E-state index in [1.165, 1.54) is 0 Å². The van der Waals surface area contributed by atoms with Gasteiger partial charge in [-0.2, -0.15) is 0 Å². The van der Waals surface area contributed by atoms with E-state index in [9.17, 15) is 13.2 Å². The highest BCUT2D eigenvalue weighted by Gasteiger charge is 2.27. The van der Waals surface area contributed by atoms with Crippen LogP contribution in [0.2, 0.25) is 5.02 Å². The molecule has 1 aromatic carbocycles. The monoisotopic (exact) mass is 347 g/mol. The molecule has 0 aromatic heterocycles. The third kappa shape index (κ3) is 5.52. The van der Waals surface area contributed by atoms with Gasteiger partial charge in [0.15, 0.2) is 9.84 Å². The van der Waals surface area contributed by atoms with Gasteiger partial charge in [0.1, 0.15) is 0 Å². The fourth-order valence-corrected chi connectivity index (χ4v) is 5.24. The molecule has 1 saturated heterocycles. The first-order valence-electron chi connectivity index (χ1n) is 6.81. The van der Waals surface area contributed by atoms with Gasteiger partial charge in [-0.3, -0.25) is 4.79 Å². The third-order valence-electron chi connectivity index (χ3n) is 3.34. The molecule has 2 rings (SSSR count). The van der Waals surface area contributed by atoms with Gasteiger partial charge >= 0.3 is 0 Å². The minimum absolute atomic E-state index is 0.0427. The molecule has 7 heteroatoms. The predicted octanol–water partition coefficient (Wildman–Crippen LogP) is 2.37. The van der Waals surface area contributed by atoms with Crippen molar-refractivity contribution in [3.8, 4) is 0 Å². The molecule has 1 aromatic rings.